The van der Waals surface area contributed by atoms with Gasteiger partial charge in [-0.1, -0.05) is 0 Å². The van der Waals surface area contributed by atoms with Crippen molar-refractivity contribution in [3.8, 4) is 0 Å². The number of amides is 1. The highest BCUT2D eigenvalue weighted by molar-refractivity contribution is 7.09. The van der Waals surface area contributed by atoms with Crippen molar-refractivity contribution in [1.82, 2.24) is 10.3 Å². The Labute approximate surface area is 94.9 Å². The lowest BCUT2D eigenvalue weighted by Crippen LogP contribution is -2.36. The van der Waals surface area contributed by atoms with Gasteiger partial charge in [0.05, 0.1) is 6.54 Å². The van der Waals surface area contributed by atoms with Crippen LogP contribution in [-0.4, -0.2) is 39.7 Å². The summed E-state index contributed by atoms with van der Waals surface area (Å²) in [5.74, 6) is -1.92. The molecular weight excluding hydrogens is 234 g/mol. The molecule has 5 N–H and O–H groups in total. The minimum absolute atomic E-state index is 0.169. The van der Waals surface area contributed by atoms with Crippen molar-refractivity contribution < 1.29 is 19.8 Å². The molecule has 0 aliphatic heterocycles. The van der Waals surface area contributed by atoms with Crippen LogP contribution in [0.1, 0.15) is 15.5 Å². The van der Waals surface area contributed by atoms with E-state index in [-0.39, 0.29) is 18.8 Å². The van der Waals surface area contributed by atoms with Gasteiger partial charge in [0.1, 0.15) is 10.7 Å². The van der Waals surface area contributed by atoms with Crippen molar-refractivity contribution >= 4 is 23.2 Å². The molecule has 1 aromatic rings. The maximum Gasteiger partial charge on any atom is 0.334 e. The number of carboxylic acids is 1. The van der Waals surface area contributed by atoms with E-state index in [2.05, 4.69) is 10.3 Å². The molecule has 1 heterocycles. The van der Waals surface area contributed by atoms with Gasteiger partial charge in [0.15, 0.2) is 6.10 Å². The van der Waals surface area contributed by atoms with Gasteiger partial charge in [0.25, 0.3) is 5.91 Å². The Morgan fingerprint density at radius 2 is 2.31 bits per heavy atom. The summed E-state index contributed by atoms with van der Waals surface area (Å²) >= 11 is 1.24. The second-order valence-corrected chi connectivity index (χ2v) is 3.84. The number of rotatable bonds is 5. The van der Waals surface area contributed by atoms with Gasteiger partial charge in [0, 0.05) is 11.9 Å². The number of carbonyl (C=O) groups is 2. The van der Waals surface area contributed by atoms with Gasteiger partial charge in [-0.25, -0.2) is 9.78 Å². The number of thiazole rings is 1. The Morgan fingerprint density at radius 1 is 1.62 bits per heavy atom. The van der Waals surface area contributed by atoms with Crippen molar-refractivity contribution in [2.45, 2.75) is 12.6 Å². The molecule has 1 aromatic heterocycles. The molecule has 0 fully saturated rings. The summed E-state index contributed by atoms with van der Waals surface area (Å²) in [6, 6.07) is 0. The first kappa shape index (κ1) is 12.6. The van der Waals surface area contributed by atoms with Crippen LogP contribution in [-0.2, 0) is 11.3 Å². The zero-order valence-corrected chi connectivity index (χ0v) is 9.03. The highest BCUT2D eigenvalue weighted by Gasteiger charge is 2.16. The third-order valence-corrected chi connectivity index (χ3v) is 2.57. The lowest BCUT2D eigenvalue weighted by molar-refractivity contribution is -0.146. The molecule has 0 saturated carbocycles. The topological polar surface area (TPSA) is 126 Å². The number of aliphatic carboxylic acids is 1. The molecule has 8 heteroatoms. The highest BCUT2D eigenvalue weighted by Crippen LogP contribution is 2.08. The molecule has 0 aliphatic carbocycles. The number of nitrogens with two attached hydrogens (primary N) is 1. The van der Waals surface area contributed by atoms with E-state index in [0.717, 1.165) is 0 Å². The molecule has 88 valence electrons. The van der Waals surface area contributed by atoms with Gasteiger partial charge < -0.3 is 21.3 Å². The summed E-state index contributed by atoms with van der Waals surface area (Å²) in [5, 5.41) is 21.7. The summed E-state index contributed by atoms with van der Waals surface area (Å²) in [7, 11) is 0. The molecule has 0 bridgehead atoms. The van der Waals surface area contributed by atoms with Crippen LogP contribution in [0.25, 0.3) is 0 Å². The lowest BCUT2D eigenvalue weighted by Gasteiger charge is -2.05. The van der Waals surface area contributed by atoms with E-state index in [1.165, 1.54) is 16.7 Å². The first-order valence-electron chi connectivity index (χ1n) is 4.38. The van der Waals surface area contributed by atoms with Gasteiger partial charge in [-0.3, -0.25) is 4.79 Å². The second-order valence-electron chi connectivity index (χ2n) is 2.89. The summed E-state index contributed by atoms with van der Waals surface area (Å²) in [6.45, 7) is -0.112. The van der Waals surface area contributed by atoms with Crippen LogP contribution in [0.4, 0.5) is 0 Å². The number of nitrogens with zero attached hydrogens (tertiary/aromatic N) is 1. The lowest BCUT2D eigenvalue weighted by atomic mass is 10.3. The summed E-state index contributed by atoms with van der Waals surface area (Å²) in [5.41, 5.74) is 5.49. The number of hydrogen-bond donors (Lipinski definition) is 4. The van der Waals surface area contributed by atoms with Crippen LogP contribution >= 0.6 is 11.3 Å². The number of aliphatic hydroxyl groups is 1. The molecule has 16 heavy (non-hydrogen) atoms. The van der Waals surface area contributed by atoms with E-state index in [4.69, 9.17) is 15.9 Å². The Morgan fingerprint density at radius 3 is 2.81 bits per heavy atom. The maximum absolute atomic E-state index is 11.4. The molecule has 1 amide bonds. The normalized spacial score (nSPS) is 12.1. The number of hydrogen-bond acceptors (Lipinski definition) is 6. The number of aliphatic hydroxyl groups excluding tert-OH is 1. The molecular formula is C8H11N3O4S. The quantitative estimate of drug-likeness (QED) is 0.515. The largest absolute Gasteiger partial charge is 0.479 e. The first-order valence-corrected chi connectivity index (χ1v) is 5.26. The average Bonchev–Trinajstić information content (AvgIpc) is 2.73. The van der Waals surface area contributed by atoms with Crippen LogP contribution in [0.2, 0.25) is 0 Å². The van der Waals surface area contributed by atoms with Crippen molar-refractivity contribution in [2.24, 2.45) is 5.73 Å². The molecule has 0 saturated heterocycles. The van der Waals surface area contributed by atoms with Crippen molar-refractivity contribution in [1.29, 1.82) is 0 Å². The van der Waals surface area contributed by atoms with E-state index < -0.39 is 18.0 Å². The third kappa shape index (κ3) is 3.26. The predicted octanol–water partition coefficient (Wildman–Crippen LogP) is -1.22. The Balaban J connectivity index is 2.49. The third-order valence-electron chi connectivity index (χ3n) is 1.70. The van der Waals surface area contributed by atoms with Crippen LogP contribution in [0, 0.1) is 0 Å². The van der Waals surface area contributed by atoms with E-state index in [9.17, 15) is 9.59 Å². The van der Waals surface area contributed by atoms with Crippen LogP contribution in [0.3, 0.4) is 0 Å². The number of carboxylic acid groups (broad SMARTS) is 1. The van der Waals surface area contributed by atoms with Crippen molar-refractivity contribution in [3.05, 3.63) is 16.1 Å². The number of nitrogens with one attached hydrogen (secondary N) is 1. The smallest absolute Gasteiger partial charge is 0.334 e. The van der Waals surface area contributed by atoms with Gasteiger partial charge in [0.2, 0.25) is 0 Å². The molecule has 0 unspecified atom stereocenters. The molecule has 0 aliphatic rings. The SMILES string of the molecule is NCc1nc(C(=O)NC[C@H](O)C(=O)O)cs1. The van der Waals surface area contributed by atoms with Gasteiger partial charge in [-0.15, -0.1) is 11.3 Å². The van der Waals surface area contributed by atoms with E-state index in [1.807, 2.05) is 0 Å². The van der Waals surface area contributed by atoms with Crippen molar-refractivity contribution in [3.63, 3.8) is 0 Å². The fraction of sp³-hybridized carbons (Fsp3) is 0.375. The van der Waals surface area contributed by atoms with Gasteiger partial charge in [-0.05, 0) is 0 Å². The molecule has 1 atom stereocenters. The van der Waals surface area contributed by atoms with E-state index >= 15 is 0 Å². The van der Waals surface area contributed by atoms with Crippen LogP contribution in [0.5, 0.6) is 0 Å². The Hall–Kier alpha value is -1.51. The summed E-state index contributed by atoms with van der Waals surface area (Å²) < 4.78 is 0. The van der Waals surface area contributed by atoms with Crippen LogP contribution < -0.4 is 11.1 Å². The predicted molar refractivity (Wildman–Crippen MR) is 56.0 cm³/mol. The monoisotopic (exact) mass is 245 g/mol. The summed E-state index contributed by atoms with van der Waals surface area (Å²) in [4.78, 5) is 25.6. The minimum atomic E-state index is -1.61. The zero-order valence-electron chi connectivity index (χ0n) is 8.21. The Kier molecular flexibility index (Phi) is 4.35. The molecule has 0 spiro atoms. The average molecular weight is 245 g/mol. The van der Waals surface area contributed by atoms with E-state index in [1.54, 1.807) is 0 Å². The van der Waals surface area contributed by atoms with Crippen LogP contribution in [0.15, 0.2) is 5.38 Å². The maximum atomic E-state index is 11.4. The highest BCUT2D eigenvalue weighted by atomic mass is 32.1. The molecule has 0 aromatic carbocycles. The Bertz CT molecular complexity index is 392. The van der Waals surface area contributed by atoms with Gasteiger partial charge in [-0.2, -0.15) is 0 Å². The van der Waals surface area contributed by atoms with E-state index in [0.29, 0.717) is 5.01 Å². The summed E-state index contributed by atoms with van der Waals surface area (Å²) in [6.07, 6.45) is -1.61. The number of aromatic nitrogens is 1. The fourth-order valence-electron chi connectivity index (χ4n) is 0.876. The molecule has 7 nitrogen and oxygen atoms in total. The second kappa shape index (κ2) is 5.54. The standard InChI is InChI=1S/C8H11N3O4S/c9-1-6-11-4(3-16-6)7(13)10-2-5(12)8(14)15/h3,5,12H,1-2,9H2,(H,10,13)(H,14,15)/t5-/m0/s1. The fourth-order valence-corrected chi connectivity index (χ4v) is 1.53. The molecule has 1 rings (SSSR count). The minimum Gasteiger partial charge on any atom is -0.479 e. The van der Waals surface area contributed by atoms with Gasteiger partial charge >= 0.3 is 5.97 Å². The molecule has 0 radical (unpaired) electrons. The first-order chi connectivity index (χ1) is 7.54. The number of carbonyl (C=O) groups excluding carboxylic acids is 1. The van der Waals surface area contributed by atoms with Crippen molar-refractivity contribution in [2.75, 3.05) is 6.54 Å². The zero-order chi connectivity index (χ0) is 12.1.